The molecular weight excluding hydrogens is 359 g/mol. The summed E-state index contributed by atoms with van der Waals surface area (Å²) < 4.78 is 37.4. The van der Waals surface area contributed by atoms with Crippen molar-refractivity contribution in [1.82, 2.24) is 4.90 Å². The smallest absolute Gasteiger partial charge is 0.243 e. The summed E-state index contributed by atoms with van der Waals surface area (Å²) in [6, 6.07) is 13.2. The van der Waals surface area contributed by atoms with E-state index in [-0.39, 0.29) is 29.3 Å². The van der Waals surface area contributed by atoms with Gasteiger partial charge in [0.25, 0.3) is 0 Å². The highest BCUT2D eigenvalue weighted by Gasteiger charge is 2.19. The van der Waals surface area contributed by atoms with Crippen LogP contribution in [0.3, 0.4) is 0 Å². The second-order valence-electron chi connectivity index (χ2n) is 5.69. The van der Waals surface area contributed by atoms with Crippen molar-refractivity contribution in [2.75, 3.05) is 24.7 Å². The van der Waals surface area contributed by atoms with Gasteiger partial charge < -0.3 is 10.2 Å². The number of likely N-dealkylation sites (N-methyl/N-ethyl adjacent to an activating group) is 1. The molecule has 0 saturated heterocycles. The van der Waals surface area contributed by atoms with Crippen LogP contribution in [0.15, 0.2) is 59.5 Å². The van der Waals surface area contributed by atoms with E-state index in [1.54, 1.807) is 18.2 Å². The molecule has 0 fully saturated rings. The lowest BCUT2D eigenvalue weighted by atomic mass is 10.3. The molecule has 1 N–H and O–H groups in total. The van der Waals surface area contributed by atoms with Crippen molar-refractivity contribution in [3.8, 4) is 0 Å². The van der Waals surface area contributed by atoms with Gasteiger partial charge in [-0.1, -0.05) is 24.3 Å². The van der Waals surface area contributed by atoms with Crippen LogP contribution in [-0.2, 0) is 19.4 Å². The van der Waals surface area contributed by atoms with E-state index < -0.39 is 27.5 Å². The van der Waals surface area contributed by atoms with Crippen LogP contribution >= 0.6 is 0 Å². The second-order valence-corrected chi connectivity index (χ2v) is 7.80. The fourth-order valence-corrected chi connectivity index (χ4v) is 3.48. The van der Waals surface area contributed by atoms with Crippen LogP contribution in [0, 0.1) is 5.82 Å². The molecule has 0 aliphatic heterocycles. The third-order valence-corrected chi connectivity index (χ3v) is 5.33. The normalized spacial score (nSPS) is 11.0. The first kappa shape index (κ1) is 19.6. The summed E-state index contributed by atoms with van der Waals surface area (Å²) in [5.41, 5.74) is 0.280. The van der Waals surface area contributed by atoms with Gasteiger partial charge in [-0.3, -0.25) is 9.59 Å². The highest BCUT2D eigenvalue weighted by Crippen LogP contribution is 2.12. The first-order chi connectivity index (χ1) is 12.3. The van der Waals surface area contributed by atoms with Gasteiger partial charge in [0.15, 0.2) is 9.84 Å². The summed E-state index contributed by atoms with van der Waals surface area (Å²) in [7, 11) is -2.15. The van der Waals surface area contributed by atoms with Gasteiger partial charge in [-0.25, -0.2) is 12.8 Å². The molecule has 6 nitrogen and oxygen atoms in total. The summed E-state index contributed by atoms with van der Waals surface area (Å²) in [6.45, 7) is -0.263. The Morgan fingerprint density at radius 1 is 1.08 bits per heavy atom. The molecule has 0 heterocycles. The monoisotopic (exact) mass is 378 g/mol. The van der Waals surface area contributed by atoms with E-state index in [2.05, 4.69) is 5.32 Å². The van der Waals surface area contributed by atoms with Crippen LogP contribution in [0.4, 0.5) is 10.1 Å². The molecule has 26 heavy (non-hydrogen) atoms. The molecule has 0 atom stereocenters. The summed E-state index contributed by atoms with van der Waals surface area (Å²) in [5, 5.41) is 2.48. The summed E-state index contributed by atoms with van der Waals surface area (Å²) >= 11 is 0. The van der Waals surface area contributed by atoms with Crippen molar-refractivity contribution in [3.05, 3.63) is 60.4 Å². The molecule has 2 aromatic rings. The number of sulfone groups is 1. The maximum Gasteiger partial charge on any atom is 0.243 e. The van der Waals surface area contributed by atoms with Crippen molar-refractivity contribution >= 4 is 27.3 Å². The molecule has 0 unspecified atom stereocenters. The van der Waals surface area contributed by atoms with Gasteiger partial charge in [0.1, 0.15) is 5.82 Å². The van der Waals surface area contributed by atoms with Gasteiger partial charge in [0.05, 0.1) is 17.2 Å². The molecular formula is C18H19FN2O4S. The predicted molar refractivity (Wildman–Crippen MR) is 95.8 cm³/mol. The Balaban J connectivity index is 1.86. The zero-order chi connectivity index (χ0) is 19.2. The molecule has 0 spiro atoms. The average molecular weight is 378 g/mol. The van der Waals surface area contributed by atoms with E-state index in [0.29, 0.717) is 0 Å². The van der Waals surface area contributed by atoms with Crippen LogP contribution in [0.1, 0.15) is 6.42 Å². The van der Waals surface area contributed by atoms with E-state index >= 15 is 0 Å². The van der Waals surface area contributed by atoms with Crippen LogP contribution in [0.5, 0.6) is 0 Å². The summed E-state index contributed by atoms with van der Waals surface area (Å²) in [4.78, 5) is 25.3. The van der Waals surface area contributed by atoms with Crippen LogP contribution < -0.4 is 5.32 Å². The number of carbonyl (C=O) groups excluding carboxylic acids is 2. The molecule has 0 radical (unpaired) electrons. The molecule has 0 saturated carbocycles. The molecule has 8 heteroatoms. The van der Waals surface area contributed by atoms with Crippen molar-refractivity contribution in [2.24, 2.45) is 0 Å². The number of rotatable bonds is 7. The van der Waals surface area contributed by atoms with Crippen LogP contribution in [-0.4, -0.2) is 44.5 Å². The molecule has 0 bridgehead atoms. The number of hydrogen-bond donors (Lipinski definition) is 1. The highest BCUT2D eigenvalue weighted by atomic mass is 32.2. The lowest BCUT2D eigenvalue weighted by Gasteiger charge is -2.17. The van der Waals surface area contributed by atoms with E-state index in [1.807, 2.05) is 0 Å². The Morgan fingerprint density at radius 3 is 2.42 bits per heavy atom. The molecule has 0 aliphatic carbocycles. The van der Waals surface area contributed by atoms with Crippen molar-refractivity contribution < 1.29 is 22.4 Å². The Bertz CT molecular complexity index is 885. The van der Waals surface area contributed by atoms with Crippen LogP contribution in [0.2, 0.25) is 0 Å². The fraction of sp³-hybridized carbons (Fsp3) is 0.222. The lowest BCUT2D eigenvalue weighted by Crippen LogP contribution is -2.35. The predicted octanol–water partition coefficient (Wildman–Crippen LogP) is 2.09. The van der Waals surface area contributed by atoms with Crippen molar-refractivity contribution in [1.29, 1.82) is 0 Å². The van der Waals surface area contributed by atoms with E-state index in [4.69, 9.17) is 0 Å². The molecule has 138 valence electrons. The van der Waals surface area contributed by atoms with Gasteiger partial charge in [-0.15, -0.1) is 0 Å². The van der Waals surface area contributed by atoms with E-state index in [0.717, 1.165) is 11.0 Å². The zero-order valence-corrected chi connectivity index (χ0v) is 15.0. The molecule has 2 aromatic carbocycles. The summed E-state index contributed by atoms with van der Waals surface area (Å²) in [5.74, 6) is -1.80. The number of halogens is 1. The van der Waals surface area contributed by atoms with Gasteiger partial charge in [-0.05, 0) is 30.3 Å². The summed E-state index contributed by atoms with van der Waals surface area (Å²) in [6.07, 6.45) is -0.235. The zero-order valence-electron chi connectivity index (χ0n) is 14.2. The minimum absolute atomic E-state index is 0.152. The Hall–Kier alpha value is -2.74. The number of anilines is 1. The quantitative estimate of drug-likeness (QED) is 0.800. The Labute approximate surface area is 151 Å². The maximum atomic E-state index is 13.1. The first-order valence-electron chi connectivity index (χ1n) is 7.85. The van der Waals surface area contributed by atoms with Crippen molar-refractivity contribution in [2.45, 2.75) is 11.3 Å². The van der Waals surface area contributed by atoms with Crippen LogP contribution in [0.25, 0.3) is 0 Å². The van der Waals surface area contributed by atoms with E-state index in [9.17, 15) is 22.4 Å². The van der Waals surface area contributed by atoms with E-state index in [1.165, 1.54) is 37.4 Å². The maximum absolute atomic E-state index is 13.1. The molecule has 0 aromatic heterocycles. The Kier molecular flexibility index (Phi) is 6.46. The lowest BCUT2D eigenvalue weighted by molar-refractivity contribution is -0.132. The highest BCUT2D eigenvalue weighted by molar-refractivity contribution is 7.91. The van der Waals surface area contributed by atoms with Crippen molar-refractivity contribution in [3.63, 3.8) is 0 Å². The van der Waals surface area contributed by atoms with Gasteiger partial charge in [0.2, 0.25) is 11.8 Å². The number of benzene rings is 2. The number of hydrogen-bond acceptors (Lipinski definition) is 4. The topological polar surface area (TPSA) is 83.6 Å². The molecule has 2 rings (SSSR count). The third kappa shape index (κ3) is 5.66. The second kappa shape index (κ2) is 8.57. The number of nitrogens with zero attached hydrogens (tertiary/aromatic N) is 1. The Morgan fingerprint density at radius 2 is 1.77 bits per heavy atom. The van der Waals surface area contributed by atoms with Gasteiger partial charge in [0, 0.05) is 19.2 Å². The number of carbonyl (C=O) groups is 2. The minimum Gasteiger partial charge on any atom is -0.336 e. The minimum atomic E-state index is -3.56. The molecule has 0 aliphatic rings. The largest absolute Gasteiger partial charge is 0.336 e. The van der Waals surface area contributed by atoms with Gasteiger partial charge in [-0.2, -0.15) is 0 Å². The fourth-order valence-electron chi connectivity index (χ4n) is 2.23. The first-order valence-corrected chi connectivity index (χ1v) is 9.50. The molecule has 2 amide bonds. The average Bonchev–Trinajstić information content (AvgIpc) is 2.60. The third-order valence-electron chi connectivity index (χ3n) is 3.60. The number of amides is 2. The van der Waals surface area contributed by atoms with Gasteiger partial charge >= 0.3 is 0 Å². The standard InChI is InChI=1S/C18H19FN2O4S/c1-21(13-17(22)20-15-7-5-6-14(19)12-15)18(23)10-11-26(24,25)16-8-3-2-4-9-16/h2-9,12H,10-11,13H2,1H3,(H,20,22). The number of nitrogens with one attached hydrogen (secondary N) is 1. The SMILES string of the molecule is CN(CC(=O)Nc1cccc(F)c1)C(=O)CCS(=O)(=O)c1ccccc1.